The number of hydrogen-bond donors (Lipinski definition) is 3. The van der Waals surface area contributed by atoms with Gasteiger partial charge >= 0.3 is 0 Å². The first-order valence-corrected chi connectivity index (χ1v) is 12.3. The van der Waals surface area contributed by atoms with E-state index in [1.807, 2.05) is 19.9 Å². The number of aliphatic hydroxyl groups excluding tert-OH is 2. The molecule has 0 aromatic rings. The van der Waals surface area contributed by atoms with Crippen LogP contribution in [0.2, 0.25) is 0 Å². The van der Waals surface area contributed by atoms with Crippen LogP contribution >= 0.6 is 0 Å². The van der Waals surface area contributed by atoms with E-state index in [9.17, 15) is 15.3 Å². The summed E-state index contributed by atoms with van der Waals surface area (Å²) in [5.74, 6) is 2.04. The van der Waals surface area contributed by atoms with Crippen molar-refractivity contribution in [1.29, 1.82) is 0 Å². The molecule has 1 fully saturated rings. The highest BCUT2D eigenvalue weighted by Gasteiger charge is 2.47. The van der Waals surface area contributed by atoms with Crippen molar-refractivity contribution in [2.24, 2.45) is 23.2 Å². The number of fused-ring (bicyclic) bond motifs is 1. The van der Waals surface area contributed by atoms with E-state index in [0.29, 0.717) is 30.1 Å². The van der Waals surface area contributed by atoms with Crippen LogP contribution in [0.3, 0.4) is 0 Å². The number of allylic oxidation sites excluding steroid dienone is 4. The van der Waals surface area contributed by atoms with Gasteiger partial charge in [0.15, 0.2) is 0 Å². The molecule has 170 valence electrons. The van der Waals surface area contributed by atoms with E-state index in [2.05, 4.69) is 32.1 Å². The van der Waals surface area contributed by atoms with Crippen LogP contribution in [-0.2, 0) is 0 Å². The van der Waals surface area contributed by atoms with Gasteiger partial charge in [-0.2, -0.15) is 0 Å². The average molecular weight is 417 g/mol. The first kappa shape index (κ1) is 23.8. The fourth-order valence-electron chi connectivity index (χ4n) is 6.58. The molecule has 3 aliphatic carbocycles. The van der Waals surface area contributed by atoms with Crippen LogP contribution in [0.25, 0.3) is 0 Å². The molecule has 3 rings (SSSR count). The Morgan fingerprint density at radius 1 is 1.23 bits per heavy atom. The Kier molecular flexibility index (Phi) is 7.69. The van der Waals surface area contributed by atoms with Crippen LogP contribution in [0, 0.1) is 23.2 Å². The van der Waals surface area contributed by atoms with Gasteiger partial charge in [0.2, 0.25) is 0 Å². The predicted octanol–water partition coefficient (Wildman–Crippen LogP) is 5.70. The van der Waals surface area contributed by atoms with Crippen molar-refractivity contribution in [3.05, 3.63) is 35.5 Å². The quantitative estimate of drug-likeness (QED) is 0.498. The van der Waals surface area contributed by atoms with E-state index in [0.717, 1.165) is 30.8 Å². The van der Waals surface area contributed by atoms with Crippen molar-refractivity contribution in [2.75, 3.05) is 0 Å². The van der Waals surface area contributed by atoms with Gasteiger partial charge in [0.05, 0.1) is 17.8 Å². The van der Waals surface area contributed by atoms with E-state index in [1.54, 1.807) is 0 Å². The van der Waals surface area contributed by atoms with E-state index in [1.165, 1.54) is 37.7 Å². The normalized spacial score (nSPS) is 36.2. The van der Waals surface area contributed by atoms with E-state index in [-0.39, 0.29) is 0 Å². The van der Waals surface area contributed by atoms with Crippen molar-refractivity contribution >= 4 is 0 Å². The summed E-state index contributed by atoms with van der Waals surface area (Å²) < 4.78 is 0. The summed E-state index contributed by atoms with van der Waals surface area (Å²) in [5, 5.41) is 30.0. The van der Waals surface area contributed by atoms with Crippen molar-refractivity contribution in [1.82, 2.24) is 0 Å². The fraction of sp³-hybridized carbons (Fsp3) is 0.778. The minimum atomic E-state index is -0.556. The molecule has 6 atom stereocenters. The Morgan fingerprint density at radius 2 is 2.00 bits per heavy atom. The Hall–Kier alpha value is -0.900. The summed E-state index contributed by atoms with van der Waals surface area (Å²) in [7, 11) is 0. The van der Waals surface area contributed by atoms with Gasteiger partial charge in [-0.1, -0.05) is 57.4 Å². The maximum atomic E-state index is 10.1. The van der Waals surface area contributed by atoms with Crippen LogP contribution < -0.4 is 0 Å². The molecule has 0 aromatic heterocycles. The van der Waals surface area contributed by atoms with Gasteiger partial charge in [-0.05, 0) is 86.7 Å². The van der Waals surface area contributed by atoms with Crippen molar-refractivity contribution in [3.8, 4) is 0 Å². The molecule has 0 aromatic carbocycles. The second kappa shape index (κ2) is 9.71. The van der Waals surface area contributed by atoms with Gasteiger partial charge < -0.3 is 15.3 Å². The van der Waals surface area contributed by atoms with Crippen LogP contribution in [0.15, 0.2) is 35.5 Å². The largest absolute Gasteiger partial charge is 0.393 e. The molecule has 0 aliphatic heterocycles. The zero-order chi connectivity index (χ0) is 21.9. The highest BCUT2D eigenvalue weighted by atomic mass is 16.3. The Balaban J connectivity index is 1.69. The minimum Gasteiger partial charge on any atom is -0.393 e. The molecular formula is C27H44O3. The number of aliphatic hydroxyl groups is 3. The number of hydrogen-bond acceptors (Lipinski definition) is 3. The molecule has 1 saturated carbocycles. The fourth-order valence-corrected chi connectivity index (χ4v) is 6.58. The lowest BCUT2D eigenvalue weighted by Gasteiger charge is -2.52. The Labute approximate surface area is 184 Å². The summed E-state index contributed by atoms with van der Waals surface area (Å²) in [5.41, 5.74) is 2.31. The lowest BCUT2D eigenvalue weighted by Crippen LogP contribution is -2.44. The highest BCUT2D eigenvalue weighted by molar-refractivity contribution is 5.34. The van der Waals surface area contributed by atoms with E-state index < -0.39 is 17.8 Å². The van der Waals surface area contributed by atoms with Gasteiger partial charge in [0.25, 0.3) is 0 Å². The summed E-state index contributed by atoms with van der Waals surface area (Å²) in [6.07, 6.45) is 18.4. The molecule has 0 spiro atoms. The zero-order valence-electron chi connectivity index (χ0n) is 19.6. The molecule has 0 saturated heterocycles. The molecule has 3 aliphatic rings. The summed E-state index contributed by atoms with van der Waals surface area (Å²) >= 11 is 0. The third-order valence-electron chi connectivity index (χ3n) is 8.13. The second-order valence-corrected chi connectivity index (χ2v) is 11.3. The zero-order valence-corrected chi connectivity index (χ0v) is 19.6. The topological polar surface area (TPSA) is 60.7 Å². The van der Waals surface area contributed by atoms with Crippen molar-refractivity contribution in [2.45, 2.75) is 110 Å². The molecule has 0 heterocycles. The van der Waals surface area contributed by atoms with E-state index in [4.69, 9.17) is 0 Å². The Bertz CT molecular complexity index is 668. The molecule has 0 amide bonds. The molecule has 3 N–H and O–H groups in total. The number of rotatable bonds is 7. The van der Waals surface area contributed by atoms with Gasteiger partial charge in [-0.3, -0.25) is 0 Å². The smallest absolute Gasteiger partial charge is 0.0751 e. The second-order valence-electron chi connectivity index (χ2n) is 11.3. The van der Waals surface area contributed by atoms with Crippen molar-refractivity contribution < 1.29 is 15.3 Å². The van der Waals surface area contributed by atoms with Gasteiger partial charge in [0.1, 0.15) is 0 Å². The minimum absolute atomic E-state index is 0.348. The molecule has 0 unspecified atom stereocenters. The average Bonchev–Trinajstić information content (AvgIpc) is 2.63. The van der Waals surface area contributed by atoms with Gasteiger partial charge in [-0.15, -0.1) is 0 Å². The van der Waals surface area contributed by atoms with Gasteiger partial charge in [-0.25, -0.2) is 0 Å². The summed E-state index contributed by atoms with van der Waals surface area (Å²) in [6.45, 7) is 8.80. The SMILES string of the molecule is C[C@H](CCCC(C)(C)O)[C@H]1CCC[C@H]2C(/C=C\C3=C[C@@H](O)C[C@H](O)C3)=CCC[C@]12C. The maximum absolute atomic E-state index is 10.1. The van der Waals surface area contributed by atoms with Crippen LogP contribution in [0.1, 0.15) is 91.9 Å². The monoisotopic (exact) mass is 416 g/mol. The predicted molar refractivity (Wildman–Crippen MR) is 124 cm³/mol. The first-order chi connectivity index (χ1) is 14.1. The molecule has 3 nitrogen and oxygen atoms in total. The maximum Gasteiger partial charge on any atom is 0.0751 e. The van der Waals surface area contributed by atoms with Crippen LogP contribution in [0.4, 0.5) is 0 Å². The van der Waals surface area contributed by atoms with Crippen LogP contribution in [0.5, 0.6) is 0 Å². The lowest BCUT2D eigenvalue weighted by molar-refractivity contribution is 0.00741. The summed E-state index contributed by atoms with van der Waals surface area (Å²) in [6, 6.07) is 0. The highest BCUT2D eigenvalue weighted by Crippen LogP contribution is 2.56. The molecule has 30 heavy (non-hydrogen) atoms. The third-order valence-corrected chi connectivity index (χ3v) is 8.13. The van der Waals surface area contributed by atoms with E-state index >= 15 is 0 Å². The molecular weight excluding hydrogens is 372 g/mol. The third kappa shape index (κ3) is 5.87. The molecule has 0 radical (unpaired) electrons. The van der Waals surface area contributed by atoms with Crippen LogP contribution in [-0.4, -0.2) is 33.1 Å². The standard InChI is InChI=1S/C27H44O3/c1-19(8-6-14-26(2,3)30)24-10-5-11-25-21(9-7-15-27(24,25)4)13-12-20-16-22(28)18-23(29)17-20/h9,12-13,16,19,22-25,28-30H,5-8,10-11,14-15,17-18H2,1-4H3/b13-12-/t19-,22-,23-,24-,25+,27-/m1/s1. The molecule has 0 bridgehead atoms. The van der Waals surface area contributed by atoms with Gasteiger partial charge in [0, 0.05) is 6.42 Å². The van der Waals surface area contributed by atoms with Crippen molar-refractivity contribution in [3.63, 3.8) is 0 Å². The summed E-state index contributed by atoms with van der Waals surface area (Å²) in [4.78, 5) is 0. The Morgan fingerprint density at radius 3 is 2.70 bits per heavy atom. The lowest BCUT2D eigenvalue weighted by atomic mass is 9.52. The first-order valence-electron chi connectivity index (χ1n) is 12.3. The molecule has 3 heteroatoms.